The standard InChI is InChI=1S/C15H14N2O2/c18-15(19)13-6-3-7-14(17-13)16-12-8-10-4-1-2-5-11(10)9-12/h1-7,12H,8-9H2,(H,16,17)(H,18,19). The van der Waals surface area contributed by atoms with Crippen LogP contribution >= 0.6 is 0 Å². The molecule has 4 nitrogen and oxygen atoms in total. The third kappa shape index (κ3) is 2.42. The summed E-state index contributed by atoms with van der Waals surface area (Å²) in [5.41, 5.74) is 2.78. The number of aromatic nitrogens is 1. The third-order valence-electron chi connectivity index (χ3n) is 3.37. The van der Waals surface area contributed by atoms with Crippen molar-refractivity contribution >= 4 is 11.8 Å². The Bertz CT molecular complexity index is 600. The molecule has 1 aliphatic rings. The molecule has 0 bridgehead atoms. The van der Waals surface area contributed by atoms with Crippen molar-refractivity contribution in [2.75, 3.05) is 5.32 Å². The van der Waals surface area contributed by atoms with Crippen LogP contribution in [-0.4, -0.2) is 22.1 Å². The molecule has 0 saturated heterocycles. The summed E-state index contributed by atoms with van der Waals surface area (Å²) >= 11 is 0. The lowest BCUT2D eigenvalue weighted by Crippen LogP contribution is -2.20. The highest BCUT2D eigenvalue weighted by atomic mass is 16.4. The number of aromatic carboxylic acids is 1. The molecule has 2 N–H and O–H groups in total. The maximum atomic E-state index is 10.9. The molecule has 4 heteroatoms. The molecule has 1 aliphatic carbocycles. The fraction of sp³-hybridized carbons (Fsp3) is 0.200. The number of hydrogen-bond acceptors (Lipinski definition) is 3. The molecule has 3 rings (SSSR count). The first-order valence-electron chi connectivity index (χ1n) is 6.26. The summed E-state index contributed by atoms with van der Waals surface area (Å²) < 4.78 is 0. The monoisotopic (exact) mass is 254 g/mol. The Morgan fingerprint density at radius 2 is 1.79 bits per heavy atom. The molecule has 1 aromatic heterocycles. The number of nitrogens with zero attached hydrogens (tertiary/aromatic N) is 1. The molecule has 0 amide bonds. The van der Waals surface area contributed by atoms with E-state index in [1.165, 1.54) is 17.2 Å². The number of benzene rings is 1. The van der Waals surface area contributed by atoms with Crippen LogP contribution in [0, 0.1) is 0 Å². The first kappa shape index (κ1) is 11.7. The molecule has 0 saturated carbocycles. The number of rotatable bonds is 3. The van der Waals surface area contributed by atoms with E-state index in [-0.39, 0.29) is 11.7 Å². The summed E-state index contributed by atoms with van der Waals surface area (Å²) in [5, 5.41) is 12.2. The van der Waals surface area contributed by atoms with Gasteiger partial charge in [-0.2, -0.15) is 0 Å². The van der Waals surface area contributed by atoms with Crippen LogP contribution in [-0.2, 0) is 12.8 Å². The van der Waals surface area contributed by atoms with Crippen molar-refractivity contribution in [3.05, 3.63) is 59.3 Å². The van der Waals surface area contributed by atoms with Crippen molar-refractivity contribution in [2.24, 2.45) is 0 Å². The summed E-state index contributed by atoms with van der Waals surface area (Å²) in [6, 6.07) is 13.7. The zero-order valence-electron chi connectivity index (χ0n) is 10.3. The quantitative estimate of drug-likeness (QED) is 0.882. The Kier molecular flexibility index (Phi) is 2.91. The van der Waals surface area contributed by atoms with E-state index in [2.05, 4.69) is 22.4 Å². The van der Waals surface area contributed by atoms with Crippen LogP contribution in [0.1, 0.15) is 21.6 Å². The molecule has 0 atom stereocenters. The zero-order chi connectivity index (χ0) is 13.2. The molecular weight excluding hydrogens is 240 g/mol. The lowest BCUT2D eigenvalue weighted by atomic mass is 10.1. The Morgan fingerprint density at radius 1 is 1.11 bits per heavy atom. The maximum absolute atomic E-state index is 10.9. The molecule has 19 heavy (non-hydrogen) atoms. The van der Waals surface area contributed by atoms with Gasteiger partial charge < -0.3 is 10.4 Å². The van der Waals surface area contributed by atoms with E-state index in [9.17, 15) is 4.79 Å². The number of carbonyl (C=O) groups is 1. The summed E-state index contributed by atoms with van der Waals surface area (Å²) in [6.07, 6.45) is 1.91. The van der Waals surface area contributed by atoms with E-state index in [1.807, 2.05) is 12.1 Å². The van der Waals surface area contributed by atoms with Crippen LogP contribution < -0.4 is 5.32 Å². The summed E-state index contributed by atoms with van der Waals surface area (Å²) in [7, 11) is 0. The minimum absolute atomic E-state index is 0.0699. The second-order valence-electron chi connectivity index (χ2n) is 4.73. The average Bonchev–Trinajstić information content (AvgIpc) is 2.81. The number of hydrogen-bond donors (Lipinski definition) is 2. The lowest BCUT2D eigenvalue weighted by Gasteiger charge is -2.12. The Labute approximate surface area is 111 Å². The minimum Gasteiger partial charge on any atom is -0.477 e. The molecule has 0 spiro atoms. The SMILES string of the molecule is O=C(O)c1cccc(NC2Cc3ccccc3C2)n1. The Morgan fingerprint density at radius 3 is 2.42 bits per heavy atom. The van der Waals surface area contributed by atoms with Gasteiger partial charge in [0, 0.05) is 6.04 Å². The van der Waals surface area contributed by atoms with E-state index < -0.39 is 5.97 Å². The van der Waals surface area contributed by atoms with Crippen molar-refractivity contribution in [1.29, 1.82) is 0 Å². The number of fused-ring (bicyclic) bond motifs is 1. The van der Waals surface area contributed by atoms with E-state index in [0.717, 1.165) is 12.8 Å². The van der Waals surface area contributed by atoms with Crippen molar-refractivity contribution in [2.45, 2.75) is 18.9 Å². The van der Waals surface area contributed by atoms with Crippen LogP contribution in [0.5, 0.6) is 0 Å². The number of nitrogens with one attached hydrogen (secondary N) is 1. The van der Waals surface area contributed by atoms with Gasteiger partial charge >= 0.3 is 5.97 Å². The maximum Gasteiger partial charge on any atom is 0.354 e. The largest absolute Gasteiger partial charge is 0.477 e. The predicted molar refractivity (Wildman–Crippen MR) is 72.5 cm³/mol. The molecule has 2 aromatic rings. The van der Waals surface area contributed by atoms with Crippen molar-refractivity contribution in [3.8, 4) is 0 Å². The van der Waals surface area contributed by atoms with Crippen molar-refractivity contribution in [3.63, 3.8) is 0 Å². The molecule has 96 valence electrons. The van der Waals surface area contributed by atoms with Gasteiger partial charge in [-0.15, -0.1) is 0 Å². The van der Waals surface area contributed by atoms with Gasteiger partial charge in [-0.1, -0.05) is 30.3 Å². The molecular formula is C15H14N2O2. The zero-order valence-corrected chi connectivity index (χ0v) is 10.3. The van der Waals surface area contributed by atoms with E-state index in [4.69, 9.17) is 5.11 Å². The summed E-state index contributed by atoms with van der Waals surface area (Å²) in [6.45, 7) is 0. The van der Waals surface area contributed by atoms with E-state index >= 15 is 0 Å². The third-order valence-corrected chi connectivity index (χ3v) is 3.37. The van der Waals surface area contributed by atoms with Crippen molar-refractivity contribution in [1.82, 2.24) is 4.98 Å². The Hall–Kier alpha value is -2.36. The molecule has 0 unspecified atom stereocenters. The lowest BCUT2D eigenvalue weighted by molar-refractivity contribution is 0.0690. The second kappa shape index (κ2) is 4.72. The van der Waals surface area contributed by atoms with Crippen LogP contribution in [0.2, 0.25) is 0 Å². The highest BCUT2D eigenvalue weighted by Gasteiger charge is 2.21. The van der Waals surface area contributed by atoms with Crippen LogP contribution in [0.3, 0.4) is 0 Å². The highest BCUT2D eigenvalue weighted by molar-refractivity contribution is 5.85. The molecule has 0 aliphatic heterocycles. The van der Waals surface area contributed by atoms with Crippen LogP contribution in [0.25, 0.3) is 0 Å². The highest BCUT2D eigenvalue weighted by Crippen LogP contribution is 2.23. The van der Waals surface area contributed by atoms with Gasteiger partial charge in [0.1, 0.15) is 5.82 Å². The van der Waals surface area contributed by atoms with Gasteiger partial charge in [0.15, 0.2) is 5.69 Å². The first-order valence-corrected chi connectivity index (χ1v) is 6.26. The van der Waals surface area contributed by atoms with Crippen LogP contribution in [0.15, 0.2) is 42.5 Å². The second-order valence-corrected chi connectivity index (χ2v) is 4.73. The van der Waals surface area contributed by atoms with Gasteiger partial charge in [0.2, 0.25) is 0 Å². The van der Waals surface area contributed by atoms with E-state index in [1.54, 1.807) is 12.1 Å². The number of carboxylic acids is 1. The van der Waals surface area contributed by atoms with Gasteiger partial charge in [-0.05, 0) is 36.1 Å². The molecule has 1 heterocycles. The van der Waals surface area contributed by atoms with Crippen molar-refractivity contribution < 1.29 is 9.90 Å². The normalized spacial score (nSPS) is 14.1. The number of anilines is 1. The molecule has 0 fully saturated rings. The number of carboxylic acid groups (broad SMARTS) is 1. The minimum atomic E-state index is -1.00. The van der Waals surface area contributed by atoms with Gasteiger partial charge in [-0.3, -0.25) is 0 Å². The van der Waals surface area contributed by atoms with E-state index in [0.29, 0.717) is 5.82 Å². The van der Waals surface area contributed by atoms with Crippen LogP contribution in [0.4, 0.5) is 5.82 Å². The first-order chi connectivity index (χ1) is 9.22. The van der Waals surface area contributed by atoms with Gasteiger partial charge in [0.05, 0.1) is 0 Å². The molecule has 0 radical (unpaired) electrons. The fourth-order valence-corrected chi connectivity index (χ4v) is 2.50. The predicted octanol–water partition coefficient (Wildman–Crippen LogP) is 2.36. The average molecular weight is 254 g/mol. The van der Waals surface area contributed by atoms with Gasteiger partial charge in [0.25, 0.3) is 0 Å². The number of pyridine rings is 1. The van der Waals surface area contributed by atoms with Gasteiger partial charge in [-0.25, -0.2) is 9.78 Å². The fourth-order valence-electron chi connectivity index (χ4n) is 2.50. The Balaban J connectivity index is 1.74. The summed E-state index contributed by atoms with van der Waals surface area (Å²) in [5.74, 6) is -0.379. The summed E-state index contributed by atoms with van der Waals surface area (Å²) in [4.78, 5) is 15.0. The smallest absolute Gasteiger partial charge is 0.354 e. The molecule has 1 aromatic carbocycles. The topological polar surface area (TPSA) is 62.2 Å².